The molecule has 2 saturated heterocycles. The molecule has 2 aliphatic rings. The van der Waals surface area contributed by atoms with Gasteiger partial charge in [-0.3, -0.25) is 4.57 Å². The summed E-state index contributed by atoms with van der Waals surface area (Å²) in [4.78, 5) is 21.7. The van der Waals surface area contributed by atoms with E-state index >= 15 is 4.39 Å². The van der Waals surface area contributed by atoms with Crippen molar-refractivity contribution < 1.29 is 9.50 Å². The van der Waals surface area contributed by atoms with Gasteiger partial charge in [-0.25, -0.2) is 14.2 Å². The Morgan fingerprint density at radius 1 is 1.21 bits per heavy atom. The Bertz CT molecular complexity index is 1220. The standard InChI is InChI=1S/C23H26FN7O2/c1-30-12-25-22(27-23(30)33)13-6-7-15(19(32)10-13)16-8-9-20(29-28-16)31(2)18-11-14-4-3-5-17(26-14)21(18)24/h6-10,12,14,17-18,21,26,32H,3-5,11H2,1-2H3/t14-,17+,18-,21+/m1/s1. The molecule has 172 valence electrons. The summed E-state index contributed by atoms with van der Waals surface area (Å²) in [6, 6.07) is 8.46. The van der Waals surface area contributed by atoms with Crippen molar-refractivity contribution in [3.8, 4) is 28.4 Å². The Balaban J connectivity index is 1.36. The lowest BCUT2D eigenvalue weighted by atomic mass is 9.82. The lowest BCUT2D eigenvalue weighted by Crippen LogP contribution is -2.61. The molecule has 2 N–H and O–H groups in total. The zero-order valence-corrected chi connectivity index (χ0v) is 18.5. The quantitative estimate of drug-likeness (QED) is 0.621. The number of aromatic nitrogens is 5. The van der Waals surface area contributed by atoms with Crippen molar-refractivity contribution in [2.24, 2.45) is 7.05 Å². The number of benzene rings is 1. The molecule has 9 nitrogen and oxygen atoms in total. The lowest BCUT2D eigenvalue weighted by molar-refractivity contribution is 0.107. The van der Waals surface area contributed by atoms with Crippen molar-refractivity contribution in [1.82, 2.24) is 30.0 Å². The number of alkyl halides is 1. The van der Waals surface area contributed by atoms with Crippen LogP contribution in [0.1, 0.15) is 25.7 Å². The number of halogens is 1. The lowest BCUT2D eigenvalue weighted by Gasteiger charge is -2.46. The van der Waals surface area contributed by atoms with E-state index in [1.165, 1.54) is 17.0 Å². The van der Waals surface area contributed by atoms with E-state index in [2.05, 4.69) is 25.5 Å². The first-order valence-electron chi connectivity index (χ1n) is 11.1. The minimum absolute atomic E-state index is 0.0258. The van der Waals surface area contributed by atoms with E-state index in [0.717, 1.165) is 25.7 Å². The fourth-order valence-electron chi connectivity index (χ4n) is 4.79. The first-order valence-corrected chi connectivity index (χ1v) is 11.1. The number of aromatic hydroxyl groups is 1. The van der Waals surface area contributed by atoms with Crippen molar-refractivity contribution in [2.75, 3.05) is 11.9 Å². The number of hydrogen-bond donors (Lipinski definition) is 2. The molecule has 33 heavy (non-hydrogen) atoms. The van der Waals surface area contributed by atoms with Crippen LogP contribution in [0.2, 0.25) is 0 Å². The third kappa shape index (κ3) is 4.06. The van der Waals surface area contributed by atoms with Gasteiger partial charge in [-0.2, -0.15) is 4.98 Å². The van der Waals surface area contributed by atoms with Crippen LogP contribution in [-0.4, -0.2) is 61.2 Å². The topological polar surface area (TPSA) is 109 Å². The van der Waals surface area contributed by atoms with E-state index in [1.807, 2.05) is 11.9 Å². The van der Waals surface area contributed by atoms with Crippen molar-refractivity contribution in [1.29, 1.82) is 0 Å². The monoisotopic (exact) mass is 451 g/mol. The summed E-state index contributed by atoms with van der Waals surface area (Å²) in [6.45, 7) is 0. The van der Waals surface area contributed by atoms with Crippen LogP contribution in [0.4, 0.5) is 10.2 Å². The molecule has 10 heteroatoms. The maximum atomic E-state index is 15.1. The highest BCUT2D eigenvalue weighted by Crippen LogP contribution is 2.34. The van der Waals surface area contributed by atoms with Crippen LogP contribution in [0.3, 0.4) is 0 Å². The van der Waals surface area contributed by atoms with E-state index < -0.39 is 11.9 Å². The first kappa shape index (κ1) is 21.4. The molecule has 2 aromatic heterocycles. The summed E-state index contributed by atoms with van der Waals surface area (Å²) in [5.41, 5.74) is 1.06. The van der Waals surface area contributed by atoms with Crippen LogP contribution in [-0.2, 0) is 7.05 Å². The van der Waals surface area contributed by atoms with Gasteiger partial charge in [0.1, 0.15) is 18.2 Å². The number of fused-ring (bicyclic) bond motifs is 2. The average Bonchev–Trinajstić information content (AvgIpc) is 2.83. The number of phenols is 1. The summed E-state index contributed by atoms with van der Waals surface area (Å²) in [6.07, 6.45) is 4.18. The molecule has 1 aromatic carbocycles. The zero-order chi connectivity index (χ0) is 23.1. The molecule has 2 bridgehead atoms. The Morgan fingerprint density at radius 3 is 2.79 bits per heavy atom. The normalized spacial score (nSPS) is 24.5. The van der Waals surface area contributed by atoms with Gasteiger partial charge < -0.3 is 15.3 Å². The minimum Gasteiger partial charge on any atom is -0.507 e. The Hall–Kier alpha value is -3.40. The maximum Gasteiger partial charge on any atom is 0.350 e. The Morgan fingerprint density at radius 2 is 2.06 bits per heavy atom. The van der Waals surface area contributed by atoms with Gasteiger partial charge in [0.2, 0.25) is 0 Å². The molecule has 4 atom stereocenters. The summed E-state index contributed by atoms with van der Waals surface area (Å²) in [5.74, 6) is 0.800. The molecule has 2 fully saturated rings. The summed E-state index contributed by atoms with van der Waals surface area (Å²) >= 11 is 0. The number of nitrogens with one attached hydrogen (secondary N) is 1. The zero-order valence-electron chi connectivity index (χ0n) is 18.5. The molecular weight excluding hydrogens is 425 g/mol. The largest absolute Gasteiger partial charge is 0.507 e. The smallest absolute Gasteiger partial charge is 0.350 e. The highest BCUT2D eigenvalue weighted by atomic mass is 19.1. The van der Waals surface area contributed by atoms with E-state index in [4.69, 9.17) is 0 Å². The molecule has 0 unspecified atom stereocenters. The second-order valence-corrected chi connectivity index (χ2v) is 8.84. The van der Waals surface area contributed by atoms with Gasteiger partial charge in [0.25, 0.3) is 0 Å². The third-order valence-corrected chi connectivity index (χ3v) is 6.69. The van der Waals surface area contributed by atoms with Crippen LogP contribution >= 0.6 is 0 Å². The van der Waals surface area contributed by atoms with Gasteiger partial charge in [0, 0.05) is 37.3 Å². The molecule has 0 saturated carbocycles. The number of nitrogens with zero attached hydrogens (tertiary/aromatic N) is 6. The van der Waals surface area contributed by atoms with Gasteiger partial charge in [-0.05, 0) is 43.5 Å². The number of aryl methyl sites for hydroxylation is 1. The van der Waals surface area contributed by atoms with E-state index in [1.54, 1.807) is 31.3 Å². The van der Waals surface area contributed by atoms with Crippen LogP contribution in [0.15, 0.2) is 41.5 Å². The SMILES string of the molecule is CN(c1ccc(-c2ccc(-c3ncn(C)c(=O)n3)cc2O)nn1)[C@@H]1C[C@H]2CCC[C@H](N2)[C@@H]1F. The molecule has 0 aliphatic carbocycles. The summed E-state index contributed by atoms with van der Waals surface area (Å²) in [5, 5.41) is 22.6. The predicted molar refractivity (Wildman–Crippen MR) is 122 cm³/mol. The fourth-order valence-corrected chi connectivity index (χ4v) is 4.79. The molecule has 4 heterocycles. The molecule has 5 rings (SSSR count). The van der Waals surface area contributed by atoms with Crippen molar-refractivity contribution in [3.63, 3.8) is 0 Å². The molecular formula is C23H26FN7O2. The van der Waals surface area contributed by atoms with Gasteiger partial charge in [-0.15, -0.1) is 10.2 Å². The highest BCUT2D eigenvalue weighted by molar-refractivity contribution is 5.72. The van der Waals surface area contributed by atoms with Crippen molar-refractivity contribution in [3.05, 3.63) is 47.1 Å². The molecule has 2 aliphatic heterocycles. The average molecular weight is 452 g/mol. The molecule has 0 spiro atoms. The van der Waals surface area contributed by atoms with Gasteiger partial charge in [0.15, 0.2) is 11.6 Å². The van der Waals surface area contributed by atoms with Gasteiger partial charge >= 0.3 is 5.69 Å². The van der Waals surface area contributed by atoms with Gasteiger partial charge in [-0.1, -0.05) is 12.5 Å². The summed E-state index contributed by atoms with van der Waals surface area (Å²) < 4.78 is 16.3. The molecule has 0 amide bonds. The van der Waals surface area contributed by atoms with E-state index in [0.29, 0.717) is 28.7 Å². The van der Waals surface area contributed by atoms with Crippen LogP contribution in [0, 0.1) is 0 Å². The van der Waals surface area contributed by atoms with Gasteiger partial charge in [0.05, 0.1) is 11.7 Å². The number of piperidine rings is 2. The van der Waals surface area contributed by atoms with Crippen LogP contribution in [0.5, 0.6) is 5.75 Å². The third-order valence-electron chi connectivity index (χ3n) is 6.69. The van der Waals surface area contributed by atoms with E-state index in [9.17, 15) is 9.90 Å². The highest BCUT2D eigenvalue weighted by Gasteiger charge is 2.41. The van der Waals surface area contributed by atoms with E-state index in [-0.39, 0.29) is 23.7 Å². The Kier molecular flexibility index (Phi) is 5.53. The van der Waals surface area contributed by atoms with Crippen LogP contribution < -0.4 is 15.9 Å². The maximum absolute atomic E-state index is 15.1. The van der Waals surface area contributed by atoms with Crippen molar-refractivity contribution >= 4 is 5.82 Å². The molecule has 3 aromatic rings. The number of rotatable bonds is 4. The Labute approximate surface area is 190 Å². The van der Waals surface area contributed by atoms with Crippen molar-refractivity contribution in [2.45, 2.75) is 50.0 Å². The number of hydrogen-bond acceptors (Lipinski definition) is 8. The number of anilines is 1. The summed E-state index contributed by atoms with van der Waals surface area (Å²) in [7, 11) is 3.43. The first-order chi connectivity index (χ1) is 15.9. The molecule has 0 radical (unpaired) electrons. The second kappa shape index (κ2) is 8.51. The second-order valence-electron chi connectivity index (χ2n) is 8.84. The van der Waals surface area contributed by atoms with Crippen LogP contribution in [0.25, 0.3) is 22.6 Å². The number of phenolic OH excluding ortho intramolecular Hbond substituents is 1. The fraction of sp³-hybridized carbons (Fsp3) is 0.435. The predicted octanol–water partition coefficient (Wildman–Crippen LogP) is 2.06. The minimum atomic E-state index is -0.957.